The van der Waals surface area contributed by atoms with Gasteiger partial charge in [0.05, 0.1) is 0 Å². The highest BCUT2D eigenvalue weighted by Crippen LogP contribution is 2.42. The lowest BCUT2D eigenvalue weighted by molar-refractivity contribution is -0.141. The minimum absolute atomic E-state index is 0.490. The molecule has 2 rings (SSSR count). The zero-order chi connectivity index (χ0) is 15.7. The molecule has 0 amide bonds. The van der Waals surface area contributed by atoms with Crippen LogP contribution in [0.5, 0.6) is 0 Å². The molecule has 0 saturated heterocycles. The summed E-state index contributed by atoms with van der Waals surface area (Å²) in [6.45, 7) is 8.05. The van der Waals surface area contributed by atoms with Crippen molar-refractivity contribution in [2.45, 2.75) is 64.8 Å². The highest BCUT2D eigenvalue weighted by molar-refractivity contribution is 5.81. The summed E-state index contributed by atoms with van der Waals surface area (Å²) in [5.74, 6) is -0.194. The Labute approximate surface area is 127 Å². The molecule has 0 spiro atoms. The number of aliphatic carboxylic acids is 1. The van der Waals surface area contributed by atoms with Gasteiger partial charge in [0.1, 0.15) is 5.54 Å². The molecule has 2 N–H and O–H groups in total. The number of hydrogen-bond acceptors (Lipinski definition) is 2. The lowest BCUT2D eigenvalue weighted by atomic mass is 9.71. The van der Waals surface area contributed by atoms with Gasteiger partial charge in [-0.05, 0) is 68.6 Å². The zero-order valence-corrected chi connectivity index (χ0v) is 13.6. The fourth-order valence-electron chi connectivity index (χ4n) is 2.99. The third kappa shape index (κ3) is 3.99. The van der Waals surface area contributed by atoms with Crippen LogP contribution in [0.15, 0.2) is 24.3 Å². The van der Waals surface area contributed by atoms with Crippen molar-refractivity contribution in [3.8, 4) is 0 Å². The molecule has 0 aliphatic heterocycles. The summed E-state index contributed by atoms with van der Waals surface area (Å²) in [5.41, 5.74) is 1.78. The van der Waals surface area contributed by atoms with Crippen molar-refractivity contribution in [1.29, 1.82) is 0 Å². The Morgan fingerprint density at radius 1 is 1.19 bits per heavy atom. The molecular weight excluding hydrogens is 262 g/mol. The van der Waals surface area contributed by atoms with Crippen molar-refractivity contribution in [1.82, 2.24) is 0 Å². The van der Waals surface area contributed by atoms with E-state index in [1.54, 1.807) is 13.8 Å². The van der Waals surface area contributed by atoms with Crippen LogP contribution in [0.25, 0.3) is 0 Å². The summed E-state index contributed by atoms with van der Waals surface area (Å²) in [7, 11) is 0. The SMILES string of the molecule is CC1(C)CCC(c2ccc(NC(C)(C)C(=O)O)cc2)CC1. The topological polar surface area (TPSA) is 49.3 Å². The van der Waals surface area contributed by atoms with E-state index in [0.29, 0.717) is 11.3 Å². The number of nitrogens with one attached hydrogen (secondary N) is 1. The lowest BCUT2D eigenvalue weighted by Gasteiger charge is -2.34. The van der Waals surface area contributed by atoms with Crippen LogP contribution in [-0.2, 0) is 4.79 Å². The molecule has 0 atom stereocenters. The highest BCUT2D eigenvalue weighted by Gasteiger charge is 2.28. The molecule has 1 aromatic carbocycles. The van der Waals surface area contributed by atoms with E-state index in [4.69, 9.17) is 5.11 Å². The lowest BCUT2D eigenvalue weighted by Crippen LogP contribution is -2.39. The molecule has 1 aromatic rings. The van der Waals surface area contributed by atoms with E-state index >= 15 is 0 Å². The van der Waals surface area contributed by atoms with Gasteiger partial charge in [-0.15, -0.1) is 0 Å². The van der Waals surface area contributed by atoms with Crippen LogP contribution in [-0.4, -0.2) is 16.6 Å². The number of carbonyl (C=O) groups is 1. The number of rotatable bonds is 4. The Balaban J connectivity index is 2.01. The van der Waals surface area contributed by atoms with Crippen molar-refractivity contribution in [3.63, 3.8) is 0 Å². The van der Waals surface area contributed by atoms with Gasteiger partial charge in [0.15, 0.2) is 0 Å². The second kappa shape index (κ2) is 5.70. The predicted molar refractivity (Wildman–Crippen MR) is 86.8 cm³/mol. The molecule has 1 fully saturated rings. The van der Waals surface area contributed by atoms with Crippen molar-refractivity contribution < 1.29 is 9.90 Å². The molecular formula is C18H27NO2. The summed E-state index contributed by atoms with van der Waals surface area (Å²) in [6, 6.07) is 8.28. The molecule has 0 heterocycles. The maximum Gasteiger partial charge on any atom is 0.328 e. The highest BCUT2D eigenvalue weighted by atomic mass is 16.4. The smallest absolute Gasteiger partial charge is 0.328 e. The van der Waals surface area contributed by atoms with Crippen molar-refractivity contribution >= 4 is 11.7 Å². The van der Waals surface area contributed by atoms with Gasteiger partial charge in [0.2, 0.25) is 0 Å². The van der Waals surface area contributed by atoms with E-state index in [0.717, 1.165) is 5.69 Å². The van der Waals surface area contributed by atoms with Crippen molar-refractivity contribution in [2.24, 2.45) is 5.41 Å². The average Bonchev–Trinajstić information content (AvgIpc) is 2.39. The van der Waals surface area contributed by atoms with Gasteiger partial charge in [-0.25, -0.2) is 4.79 Å². The fourth-order valence-corrected chi connectivity index (χ4v) is 2.99. The molecule has 21 heavy (non-hydrogen) atoms. The molecule has 0 bridgehead atoms. The standard InChI is InChI=1S/C18H27NO2/c1-17(2)11-9-14(10-12-17)13-5-7-15(8-6-13)19-18(3,4)16(20)21/h5-8,14,19H,9-12H2,1-4H3,(H,20,21). The Kier molecular flexibility index (Phi) is 4.31. The van der Waals surface area contributed by atoms with Crippen LogP contribution >= 0.6 is 0 Å². The monoisotopic (exact) mass is 289 g/mol. The Morgan fingerprint density at radius 2 is 1.71 bits per heavy atom. The van der Waals surface area contributed by atoms with Gasteiger partial charge >= 0.3 is 5.97 Å². The quantitative estimate of drug-likeness (QED) is 0.848. The average molecular weight is 289 g/mol. The molecule has 3 nitrogen and oxygen atoms in total. The van der Waals surface area contributed by atoms with Gasteiger partial charge in [-0.2, -0.15) is 0 Å². The Bertz CT molecular complexity index is 492. The van der Waals surface area contributed by atoms with Crippen LogP contribution in [0.2, 0.25) is 0 Å². The zero-order valence-electron chi connectivity index (χ0n) is 13.6. The molecule has 1 aliphatic carbocycles. The number of anilines is 1. The number of carboxylic acid groups (broad SMARTS) is 1. The maximum absolute atomic E-state index is 11.1. The Morgan fingerprint density at radius 3 is 2.19 bits per heavy atom. The van der Waals surface area contributed by atoms with E-state index in [1.807, 2.05) is 12.1 Å². The molecule has 0 unspecified atom stereocenters. The minimum atomic E-state index is -0.948. The van der Waals surface area contributed by atoms with Gasteiger partial charge < -0.3 is 10.4 Å². The van der Waals surface area contributed by atoms with Crippen molar-refractivity contribution in [3.05, 3.63) is 29.8 Å². The van der Waals surface area contributed by atoms with E-state index in [2.05, 4.69) is 31.3 Å². The van der Waals surface area contributed by atoms with Gasteiger partial charge in [0.25, 0.3) is 0 Å². The number of hydrogen-bond donors (Lipinski definition) is 2. The predicted octanol–water partition coefficient (Wildman–Crippen LogP) is 4.65. The fraction of sp³-hybridized carbons (Fsp3) is 0.611. The summed E-state index contributed by atoms with van der Waals surface area (Å²) in [6.07, 6.45) is 5.06. The van der Waals surface area contributed by atoms with Gasteiger partial charge in [0, 0.05) is 5.69 Å². The first kappa shape index (κ1) is 15.9. The van der Waals surface area contributed by atoms with E-state index in [-0.39, 0.29) is 0 Å². The second-order valence-corrected chi connectivity index (χ2v) is 7.62. The van der Waals surface area contributed by atoms with Crippen LogP contribution < -0.4 is 5.32 Å². The van der Waals surface area contributed by atoms with Gasteiger partial charge in [-0.3, -0.25) is 0 Å². The largest absolute Gasteiger partial charge is 0.480 e. The summed E-state index contributed by atoms with van der Waals surface area (Å²) < 4.78 is 0. The van der Waals surface area contributed by atoms with Crippen molar-refractivity contribution in [2.75, 3.05) is 5.32 Å². The second-order valence-electron chi connectivity index (χ2n) is 7.62. The first-order valence-electron chi connectivity index (χ1n) is 7.81. The summed E-state index contributed by atoms with van der Waals surface area (Å²) in [5, 5.41) is 12.2. The number of carboxylic acids is 1. The molecule has 1 aliphatic rings. The number of benzene rings is 1. The van der Waals surface area contributed by atoms with Gasteiger partial charge in [-0.1, -0.05) is 26.0 Å². The Hall–Kier alpha value is -1.51. The van der Waals surface area contributed by atoms with Crippen LogP contribution in [0.1, 0.15) is 64.9 Å². The van der Waals surface area contributed by atoms with Crippen LogP contribution in [0.4, 0.5) is 5.69 Å². The van der Waals surface area contributed by atoms with E-state index in [9.17, 15) is 4.79 Å². The third-order valence-electron chi connectivity index (χ3n) is 4.71. The van der Waals surface area contributed by atoms with E-state index < -0.39 is 11.5 Å². The molecule has 116 valence electrons. The molecule has 3 heteroatoms. The normalized spacial score (nSPS) is 19.2. The van der Waals surface area contributed by atoms with E-state index in [1.165, 1.54) is 31.2 Å². The summed E-state index contributed by atoms with van der Waals surface area (Å²) in [4.78, 5) is 11.1. The first-order chi connectivity index (χ1) is 9.70. The van der Waals surface area contributed by atoms with Crippen LogP contribution in [0.3, 0.4) is 0 Å². The minimum Gasteiger partial charge on any atom is -0.480 e. The van der Waals surface area contributed by atoms with Crippen LogP contribution in [0, 0.1) is 5.41 Å². The molecule has 0 aromatic heterocycles. The molecule has 0 radical (unpaired) electrons. The summed E-state index contributed by atoms with van der Waals surface area (Å²) >= 11 is 0. The molecule has 1 saturated carbocycles. The third-order valence-corrected chi connectivity index (χ3v) is 4.71. The first-order valence-corrected chi connectivity index (χ1v) is 7.81. The maximum atomic E-state index is 11.1.